The normalized spacial score (nSPS) is 15.6. The third-order valence-electron chi connectivity index (χ3n) is 5.05. The van der Waals surface area contributed by atoms with Gasteiger partial charge in [0.05, 0.1) is 6.54 Å². The van der Waals surface area contributed by atoms with Crippen molar-refractivity contribution in [2.45, 2.75) is 25.6 Å². The molecule has 2 aromatic carbocycles. The van der Waals surface area contributed by atoms with Gasteiger partial charge in [-0.25, -0.2) is 17.5 Å². The van der Waals surface area contributed by atoms with Crippen LogP contribution in [0.2, 0.25) is 0 Å². The van der Waals surface area contributed by atoms with Crippen molar-refractivity contribution < 1.29 is 66.4 Å². The summed E-state index contributed by atoms with van der Waals surface area (Å²) >= 11 is 0. The number of para-hydroxylation sites is 1. The minimum absolute atomic E-state index is 0. The number of nitrogens with zero attached hydrogens (tertiary/aromatic N) is 2. The fourth-order valence-electron chi connectivity index (χ4n) is 3.23. The Morgan fingerprint density at radius 1 is 1.11 bits per heavy atom. The van der Waals surface area contributed by atoms with E-state index in [0.717, 1.165) is 10.5 Å². The molecule has 3 rings (SSSR count). The summed E-state index contributed by atoms with van der Waals surface area (Å²) in [5.41, 5.74) is 1.11. The molecule has 1 unspecified atom stereocenters. The van der Waals surface area contributed by atoms with Crippen LogP contribution in [0.3, 0.4) is 0 Å². The van der Waals surface area contributed by atoms with E-state index >= 15 is 0 Å². The van der Waals surface area contributed by atoms with Gasteiger partial charge in [-0.3, -0.25) is 14.4 Å². The van der Waals surface area contributed by atoms with E-state index in [1.165, 1.54) is 6.92 Å². The van der Waals surface area contributed by atoms with Crippen molar-refractivity contribution in [3.63, 3.8) is 0 Å². The maximum atomic E-state index is 13.1. The zero-order valence-corrected chi connectivity index (χ0v) is 22.4. The minimum atomic E-state index is -4.94. The van der Waals surface area contributed by atoms with Crippen molar-refractivity contribution >= 4 is 39.8 Å². The van der Waals surface area contributed by atoms with E-state index in [-0.39, 0.29) is 40.5 Å². The van der Waals surface area contributed by atoms with E-state index in [9.17, 15) is 32.1 Å². The average molecular weight is 527 g/mol. The van der Waals surface area contributed by atoms with Gasteiger partial charge < -0.3 is 24.8 Å². The van der Waals surface area contributed by atoms with Crippen molar-refractivity contribution in [2.24, 2.45) is 0 Å². The number of hydrogen-bond donors (Lipinski definition) is 2. The Hall–Kier alpha value is -2.97. The predicted molar refractivity (Wildman–Crippen MR) is 121 cm³/mol. The van der Waals surface area contributed by atoms with Gasteiger partial charge in [-0.2, -0.15) is 0 Å². The molecule has 0 bridgehead atoms. The number of β-lactam (4-membered cyclic amide) rings is 1. The molecule has 2 N–H and O–H groups in total. The van der Waals surface area contributed by atoms with Gasteiger partial charge in [0.1, 0.15) is 25.2 Å². The molecule has 1 aliphatic heterocycles. The molecular weight excluding hydrogens is 503 g/mol. The van der Waals surface area contributed by atoms with Crippen LogP contribution in [0.4, 0.5) is 10.5 Å². The van der Waals surface area contributed by atoms with Crippen LogP contribution in [0, 0.1) is 0 Å². The van der Waals surface area contributed by atoms with Crippen molar-refractivity contribution in [3.05, 3.63) is 66.2 Å². The topological polar surface area (TPSA) is 165 Å². The largest absolute Gasteiger partial charge is 1.00 e. The first-order chi connectivity index (χ1) is 16.6. The molecule has 4 amide bonds. The summed E-state index contributed by atoms with van der Waals surface area (Å²) in [5.74, 6) is -2.45. The number of amides is 4. The molecular formula is C22H23N4NaO8S. The number of rotatable bonds is 9. The van der Waals surface area contributed by atoms with Crippen LogP contribution in [0.5, 0.6) is 0 Å². The van der Waals surface area contributed by atoms with Crippen LogP contribution in [-0.4, -0.2) is 66.3 Å². The molecule has 2 aromatic rings. The van der Waals surface area contributed by atoms with Gasteiger partial charge in [0.2, 0.25) is 11.8 Å². The van der Waals surface area contributed by atoms with E-state index in [1.54, 1.807) is 54.6 Å². The molecule has 36 heavy (non-hydrogen) atoms. The Morgan fingerprint density at radius 3 is 2.25 bits per heavy atom. The first-order valence-electron chi connectivity index (χ1n) is 10.5. The molecule has 0 spiro atoms. The molecule has 0 aliphatic carbocycles. The second kappa shape index (κ2) is 12.8. The Morgan fingerprint density at radius 2 is 1.69 bits per heavy atom. The van der Waals surface area contributed by atoms with Crippen molar-refractivity contribution in [1.82, 2.24) is 14.9 Å². The summed E-state index contributed by atoms with van der Waals surface area (Å²) in [7, 11) is -4.94. The van der Waals surface area contributed by atoms with E-state index in [0.29, 0.717) is 5.69 Å². The molecule has 0 radical (unpaired) electrons. The Bertz CT molecular complexity index is 1200. The number of hydrogen-bond acceptors (Lipinski definition) is 8. The Kier molecular flexibility index (Phi) is 10.4. The monoisotopic (exact) mass is 526 g/mol. The third kappa shape index (κ3) is 7.77. The molecule has 1 saturated heterocycles. The van der Waals surface area contributed by atoms with Crippen LogP contribution >= 0.6 is 0 Å². The van der Waals surface area contributed by atoms with Crippen LogP contribution in [0.25, 0.3) is 0 Å². The summed E-state index contributed by atoms with van der Waals surface area (Å²) in [6.07, 6.45) is -0.828. The van der Waals surface area contributed by atoms with Crippen molar-refractivity contribution in [3.8, 4) is 0 Å². The number of carbonyl (C=O) groups excluding carboxylic acids is 4. The fourth-order valence-corrected chi connectivity index (χ4v) is 3.91. The summed E-state index contributed by atoms with van der Waals surface area (Å²) in [6.45, 7) is 0.416. The summed E-state index contributed by atoms with van der Waals surface area (Å²) in [6, 6.07) is 14.8. The zero-order valence-electron chi connectivity index (χ0n) is 19.6. The van der Waals surface area contributed by atoms with Crippen LogP contribution in [-0.2, 0) is 36.0 Å². The Balaban J connectivity index is 0.00000456. The maximum Gasteiger partial charge on any atom is 1.00 e. The minimum Gasteiger partial charge on any atom is -0.731 e. The quantitative estimate of drug-likeness (QED) is 0.200. The van der Waals surface area contributed by atoms with Crippen LogP contribution in [0.1, 0.15) is 12.5 Å². The summed E-state index contributed by atoms with van der Waals surface area (Å²) in [4.78, 5) is 50.7. The zero-order chi connectivity index (χ0) is 25.6. The van der Waals surface area contributed by atoms with Gasteiger partial charge in [-0.15, -0.1) is 0 Å². The molecule has 14 heteroatoms. The van der Waals surface area contributed by atoms with Gasteiger partial charge in [-0.1, -0.05) is 48.5 Å². The molecule has 0 saturated carbocycles. The number of alkyl carbamates (subject to hydrolysis) is 1. The summed E-state index contributed by atoms with van der Waals surface area (Å²) < 4.78 is 38.0. The molecule has 1 heterocycles. The molecule has 12 nitrogen and oxygen atoms in total. The number of nitrogens with one attached hydrogen (secondary N) is 2. The molecule has 186 valence electrons. The summed E-state index contributed by atoms with van der Waals surface area (Å²) in [5, 5.41) is 4.72. The van der Waals surface area contributed by atoms with Gasteiger partial charge >= 0.3 is 35.7 Å². The number of carbonyl (C=O) groups is 4. The molecule has 1 fully saturated rings. The predicted octanol–water partition coefficient (Wildman–Crippen LogP) is -2.87. The number of benzene rings is 2. The van der Waals surface area contributed by atoms with Gasteiger partial charge in [-0.05, 0) is 24.6 Å². The SMILES string of the molecule is C[C@@H](NC(=O)OCc1ccccc1)C(=O)N(CC(=O)NC1CN(S(=O)(=O)[O-])C1=O)c1ccccc1.[Na+]. The number of ether oxygens (including phenoxy) is 1. The van der Waals surface area contributed by atoms with Gasteiger partial charge in [0.25, 0.3) is 5.91 Å². The van der Waals surface area contributed by atoms with Gasteiger partial charge in [0, 0.05) is 5.69 Å². The molecule has 2 atom stereocenters. The van der Waals surface area contributed by atoms with Crippen LogP contribution < -0.4 is 45.1 Å². The molecule has 0 aromatic heterocycles. The van der Waals surface area contributed by atoms with E-state index in [1.807, 2.05) is 6.07 Å². The van der Waals surface area contributed by atoms with E-state index in [4.69, 9.17) is 4.74 Å². The van der Waals surface area contributed by atoms with E-state index in [2.05, 4.69) is 10.6 Å². The van der Waals surface area contributed by atoms with Crippen molar-refractivity contribution in [1.29, 1.82) is 0 Å². The first kappa shape index (κ1) is 29.3. The fraction of sp³-hybridized carbons (Fsp3) is 0.273. The third-order valence-corrected chi connectivity index (χ3v) is 5.92. The number of anilines is 1. The second-order valence-electron chi connectivity index (χ2n) is 7.63. The maximum absolute atomic E-state index is 13.1. The molecule has 1 aliphatic rings. The Labute approximate surface area is 230 Å². The standard InChI is InChI=1S/C22H24N4O8S.Na/c1-15(23-22(30)34-14-16-8-4-2-5-9-16)20(28)25(17-10-6-3-7-11-17)13-19(27)24-18-12-26(21(18)29)35(31,32)33;/h2-11,15,18H,12-14H2,1H3,(H,23,30)(H,24,27)(H,31,32,33);/q;+1/p-1/t15-,18?;/m1./s1. The van der Waals surface area contributed by atoms with Gasteiger partial charge in [0.15, 0.2) is 10.3 Å². The smallest absolute Gasteiger partial charge is 0.731 e. The van der Waals surface area contributed by atoms with Crippen molar-refractivity contribution in [2.75, 3.05) is 18.0 Å². The first-order valence-corrected chi connectivity index (χ1v) is 11.8. The van der Waals surface area contributed by atoms with E-state index < -0.39 is 59.3 Å². The second-order valence-corrected chi connectivity index (χ2v) is 8.93. The average Bonchev–Trinajstić information content (AvgIpc) is 2.83. The van der Waals surface area contributed by atoms with Crippen LogP contribution in [0.15, 0.2) is 60.7 Å².